The number of aryl methyl sites for hydroxylation is 2. The Hall–Kier alpha value is -2.36. The van der Waals surface area contributed by atoms with Gasteiger partial charge in [-0.25, -0.2) is 4.98 Å². The molecule has 0 aliphatic rings. The SMILES string of the molecule is Cc1ccc(N(C)C(=O)c2ncccc2O)c(C)c1. The van der Waals surface area contributed by atoms with Gasteiger partial charge < -0.3 is 10.0 Å². The van der Waals surface area contributed by atoms with Crippen LogP contribution in [-0.4, -0.2) is 23.0 Å². The van der Waals surface area contributed by atoms with E-state index in [1.807, 2.05) is 32.0 Å². The molecule has 0 spiro atoms. The van der Waals surface area contributed by atoms with Crippen molar-refractivity contribution in [3.05, 3.63) is 53.3 Å². The zero-order chi connectivity index (χ0) is 14.0. The van der Waals surface area contributed by atoms with Crippen molar-refractivity contribution in [2.24, 2.45) is 0 Å². The Morgan fingerprint density at radius 1 is 1.26 bits per heavy atom. The van der Waals surface area contributed by atoms with Crippen LogP contribution < -0.4 is 4.90 Å². The maximum absolute atomic E-state index is 12.3. The monoisotopic (exact) mass is 256 g/mol. The molecule has 0 aliphatic heterocycles. The smallest absolute Gasteiger partial charge is 0.280 e. The Balaban J connectivity index is 2.37. The average molecular weight is 256 g/mol. The van der Waals surface area contributed by atoms with Gasteiger partial charge >= 0.3 is 0 Å². The second-order valence-corrected chi connectivity index (χ2v) is 4.53. The molecule has 1 aromatic carbocycles. The standard InChI is InChI=1S/C15H16N2O2/c1-10-6-7-12(11(2)9-10)17(3)15(19)14-13(18)5-4-8-16-14/h4-9,18H,1-3H3. The van der Waals surface area contributed by atoms with Gasteiger partial charge in [0.15, 0.2) is 5.69 Å². The van der Waals surface area contributed by atoms with Gasteiger partial charge in [-0.2, -0.15) is 0 Å². The highest BCUT2D eigenvalue weighted by Crippen LogP contribution is 2.23. The first-order chi connectivity index (χ1) is 9.00. The second kappa shape index (κ2) is 5.10. The van der Waals surface area contributed by atoms with Crippen LogP contribution in [0, 0.1) is 13.8 Å². The number of nitrogens with zero attached hydrogens (tertiary/aromatic N) is 2. The summed E-state index contributed by atoms with van der Waals surface area (Å²) in [6.07, 6.45) is 1.49. The van der Waals surface area contributed by atoms with Gasteiger partial charge in [-0.05, 0) is 37.6 Å². The van der Waals surface area contributed by atoms with E-state index < -0.39 is 0 Å². The number of hydrogen-bond donors (Lipinski definition) is 1. The maximum atomic E-state index is 12.3. The molecule has 2 aromatic rings. The van der Waals surface area contributed by atoms with Crippen molar-refractivity contribution in [1.29, 1.82) is 0 Å². The summed E-state index contributed by atoms with van der Waals surface area (Å²) in [6.45, 7) is 3.95. The average Bonchev–Trinajstić information content (AvgIpc) is 2.38. The van der Waals surface area contributed by atoms with E-state index in [2.05, 4.69) is 4.98 Å². The number of anilines is 1. The first kappa shape index (κ1) is 13.1. The molecule has 0 bridgehead atoms. The number of rotatable bonds is 2. The van der Waals surface area contributed by atoms with Crippen molar-refractivity contribution in [2.75, 3.05) is 11.9 Å². The molecule has 98 valence electrons. The Morgan fingerprint density at radius 2 is 2.00 bits per heavy atom. The highest BCUT2D eigenvalue weighted by molar-refractivity contribution is 6.06. The number of amides is 1. The number of aromatic hydroxyl groups is 1. The van der Waals surface area contributed by atoms with E-state index in [0.29, 0.717) is 0 Å². The Labute approximate surface area is 112 Å². The van der Waals surface area contributed by atoms with Crippen LogP contribution >= 0.6 is 0 Å². The Kier molecular flexibility index (Phi) is 3.51. The molecule has 0 aliphatic carbocycles. The molecule has 1 N–H and O–H groups in total. The van der Waals surface area contributed by atoms with E-state index >= 15 is 0 Å². The van der Waals surface area contributed by atoms with Gasteiger partial charge in [0.1, 0.15) is 5.75 Å². The fourth-order valence-electron chi connectivity index (χ4n) is 2.01. The summed E-state index contributed by atoms with van der Waals surface area (Å²) < 4.78 is 0. The highest BCUT2D eigenvalue weighted by Gasteiger charge is 2.19. The van der Waals surface area contributed by atoms with E-state index in [0.717, 1.165) is 16.8 Å². The van der Waals surface area contributed by atoms with Gasteiger partial charge in [-0.1, -0.05) is 17.7 Å². The Morgan fingerprint density at radius 3 is 2.63 bits per heavy atom. The summed E-state index contributed by atoms with van der Waals surface area (Å²) in [5.41, 5.74) is 3.01. The van der Waals surface area contributed by atoms with Crippen LogP contribution in [0.3, 0.4) is 0 Å². The first-order valence-electron chi connectivity index (χ1n) is 6.00. The van der Waals surface area contributed by atoms with Crippen LogP contribution in [0.25, 0.3) is 0 Å². The van der Waals surface area contributed by atoms with E-state index in [4.69, 9.17) is 0 Å². The number of aromatic nitrogens is 1. The molecular formula is C15H16N2O2. The molecule has 0 atom stereocenters. The summed E-state index contributed by atoms with van der Waals surface area (Å²) in [6, 6.07) is 8.89. The lowest BCUT2D eigenvalue weighted by atomic mass is 10.1. The maximum Gasteiger partial charge on any atom is 0.280 e. The number of pyridine rings is 1. The first-order valence-corrected chi connectivity index (χ1v) is 6.00. The zero-order valence-corrected chi connectivity index (χ0v) is 11.2. The molecule has 0 unspecified atom stereocenters. The molecule has 0 saturated heterocycles. The number of benzene rings is 1. The lowest BCUT2D eigenvalue weighted by molar-refractivity contribution is 0.0985. The molecule has 1 aromatic heterocycles. The third kappa shape index (κ3) is 2.57. The zero-order valence-electron chi connectivity index (χ0n) is 11.2. The van der Waals surface area contributed by atoms with Gasteiger partial charge in [0, 0.05) is 18.9 Å². The fraction of sp³-hybridized carbons (Fsp3) is 0.200. The van der Waals surface area contributed by atoms with Crippen molar-refractivity contribution in [3.63, 3.8) is 0 Å². The number of carbonyl (C=O) groups is 1. The number of carbonyl (C=O) groups excluding carboxylic acids is 1. The summed E-state index contributed by atoms with van der Waals surface area (Å²) in [4.78, 5) is 17.7. The van der Waals surface area contributed by atoms with Crippen molar-refractivity contribution < 1.29 is 9.90 Å². The molecule has 1 amide bonds. The Bertz CT molecular complexity index is 623. The van der Waals surface area contributed by atoms with Crippen LogP contribution in [0.15, 0.2) is 36.5 Å². The third-order valence-corrected chi connectivity index (χ3v) is 3.01. The number of hydrogen-bond acceptors (Lipinski definition) is 3. The minimum absolute atomic E-state index is 0.0602. The summed E-state index contributed by atoms with van der Waals surface area (Å²) >= 11 is 0. The van der Waals surface area contributed by atoms with Crippen molar-refractivity contribution in [1.82, 2.24) is 4.98 Å². The summed E-state index contributed by atoms with van der Waals surface area (Å²) in [7, 11) is 1.67. The van der Waals surface area contributed by atoms with E-state index in [-0.39, 0.29) is 17.4 Å². The van der Waals surface area contributed by atoms with E-state index in [1.165, 1.54) is 17.2 Å². The van der Waals surface area contributed by atoms with Gasteiger partial charge in [0.05, 0.1) is 0 Å². The van der Waals surface area contributed by atoms with E-state index in [1.54, 1.807) is 13.1 Å². The predicted octanol–water partition coefficient (Wildman–Crippen LogP) is 2.68. The normalized spacial score (nSPS) is 10.3. The predicted molar refractivity (Wildman–Crippen MR) is 74.6 cm³/mol. The van der Waals surface area contributed by atoms with Crippen LogP contribution in [0.4, 0.5) is 5.69 Å². The largest absolute Gasteiger partial charge is 0.505 e. The molecule has 4 heteroatoms. The lowest BCUT2D eigenvalue weighted by Gasteiger charge is -2.19. The van der Waals surface area contributed by atoms with Gasteiger partial charge in [-0.3, -0.25) is 4.79 Å². The van der Waals surface area contributed by atoms with Crippen LogP contribution in [0.2, 0.25) is 0 Å². The van der Waals surface area contributed by atoms with Crippen molar-refractivity contribution in [3.8, 4) is 5.75 Å². The van der Waals surface area contributed by atoms with Crippen LogP contribution in [-0.2, 0) is 0 Å². The van der Waals surface area contributed by atoms with Crippen LogP contribution in [0.1, 0.15) is 21.6 Å². The lowest BCUT2D eigenvalue weighted by Crippen LogP contribution is -2.27. The van der Waals surface area contributed by atoms with Crippen molar-refractivity contribution in [2.45, 2.75) is 13.8 Å². The topological polar surface area (TPSA) is 53.4 Å². The van der Waals surface area contributed by atoms with Crippen LogP contribution in [0.5, 0.6) is 5.75 Å². The van der Waals surface area contributed by atoms with E-state index in [9.17, 15) is 9.90 Å². The summed E-state index contributed by atoms with van der Waals surface area (Å²) in [5.74, 6) is -0.436. The molecule has 19 heavy (non-hydrogen) atoms. The molecule has 0 fully saturated rings. The molecule has 4 nitrogen and oxygen atoms in total. The van der Waals surface area contributed by atoms with Crippen molar-refractivity contribution >= 4 is 11.6 Å². The fourth-order valence-corrected chi connectivity index (χ4v) is 2.01. The molecule has 0 radical (unpaired) electrons. The minimum Gasteiger partial charge on any atom is -0.505 e. The van der Waals surface area contributed by atoms with Gasteiger partial charge in [0.25, 0.3) is 5.91 Å². The van der Waals surface area contributed by atoms with Gasteiger partial charge in [-0.15, -0.1) is 0 Å². The quantitative estimate of drug-likeness (QED) is 0.898. The minimum atomic E-state index is -0.329. The molecule has 2 rings (SSSR count). The second-order valence-electron chi connectivity index (χ2n) is 4.53. The molecule has 1 heterocycles. The molecule has 0 saturated carbocycles. The molecular weight excluding hydrogens is 240 g/mol. The van der Waals surface area contributed by atoms with Gasteiger partial charge in [0.2, 0.25) is 0 Å². The summed E-state index contributed by atoms with van der Waals surface area (Å²) in [5, 5.41) is 9.68. The highest BCUT2D eigenvalue weighted by atomic mass is 16.3. The third-order valence-electron chi connectivity index (χ3n) is 3.01.